The fourth-order valence-corrected chi connectivity index (χ4v) is 1.27. The largest absolute Gasteiger partial charge is 0.456 e. The fourth-order valence-electron chi connectivity index (χ4n) is 1.27. The van der Waals surface area contributed by atoms with E-state index >= 15 is 0 Å². The predicted molar refractivity (Wildman–Crippen MR) is 61.0 cm³/mol. The average molecular weight is 242 g/mol. The van der Waals surface area contributed by atoms with E-state index in [0.717, 1.165) is 0 Å². The molecule has 0 atom stereocenters. The Bertz CT molecular complexity index is 438. The summed E-state index contributed by atoms with van der Waals surface area (Å²) < 4.78 is 42.5. The van der Waals surface area contributed by atoms with Crippen LogP contribution in [0.3, 0.4) is 0 Å². The second-order valence-electron chi connectivity index (χ2n) is 3.45. The third-order valence-electron chi connectivity index (χ3n) is 2.25. The molecule has 0 spiro atoms. The Morgan fingerprint density at radius 2 is 2.00 bits per heavy atom. The lowest BCUT2D eigenvalue weighted by atomic mass is 10.1. The zero-order valence-corrected chi connectivity index (χ0v) is 9.47. The Morgan fingerprint density at radius 1 is 1.35 bits per heavy atom. The van der Waals surface area contributed by atoms with E-state index in [1.54, 1.807) is 12.1 Å². The van der Waals surface area contributed by atoms with E-state index in [-0.39, 0.29) is 5.76 Å². The van der Waals surface area contributed by atoms with Gasteiger partial charge in [-0.2, -0.15) is 0 Å². The quantitative estimate of drug-likeness (QED) is 0.704. The van der Waals surface area contributed by atoms with Gasteiger partial charge in [-0.25, -0.2) is 13.2 Å². The van der Waals surface area contributed by atoms with Crippen LogP contribution in [-0.4, -0.2) is 6.43 Å². The Morgan fingerprint density at radius 3 is 2.47 bits per heavy atom. The van der Waals surface area contributed by atoms with Crippen LogP contribution in [0.4, 0.5) is 13.2 Å². The molecule has 0 unspecified atom stereocenters. The molecule has 1 rings (SSSR count). The lowest BCUT2D eigenvalue weighted by Crippen LogP contribution is -2.00. The molecule has 1 aromatic rings. The van der Waals surface area contributed by atoms with Gasteiger partial charge in [0.1, 0.15) is 11.6 Å². The topological polar surface area (TPSA) is 9.23 Å². The minimum Gasteiger partial charge on any atom is -0.456 e. The molecule has 1 aromatic carbocycles. The normalized spacial score (nSPS) is 10.4. The van der Waals surface area contributed by atoms with Crippen LogP contribution in [0.25, 0.3) is 5.76 Å². The van der Waals surface area contributed by atoms with Gasteiger partial charge in [0.25, 0.3) is 6.43 Å². The van der Waals surface area contributed by atoms with Crippen LogP contribution in [0.1, 0.15) is 18.1 Å². The summed E-state index contributed by atoms with van der Waals surface area (Å²) in [6, 6.07) is 4.35. The second-order valence-corrected chi connectivity index (χ2v) is 3.45. The van der Waals surface area contributed by atoms with E-state index in [1.165, 1.54) is 6.07 Å². The minimum absolute atomic E-state index is 0.0446. The van der Waals surface area contributed by atoms with Crippen LogP contribution in [0, 0.1) is 5.82 Å². The van der Waals surface area contributed by atoms with Gasteiger partial charge in [0.15, 0.2) is 5.76 Å². The van der Waals surface area contributed by atoms with Gasteiger partial charge in [-0.05, 0) is 18.1 Å². The predicted octanol–water partition coefficient (Wildman–Crippen LogP) is 4.15. The van der Waals surface area contributed by atoms with Gasteiger partial charge in [-0.1, -0.05) is 32.2 Å². The van der Waals surface area contributed by atoms with Crippen molar-refractivity contribution in [3.8, 4) is 0 Å². The van der Waals surface area contributed by atoms with Crippen molar-refractivity contribution in [1.82, 2.24) is 0 Å². The SMILES string of the molecule is C=C(OC(=C)C(F)F)c1ccc(CC)c(F)c1. The first-order valence-corrected chi connectivity index (χ1v) is 5.08. The van der Waals surface area contributed by atoms with Crippen LogP contribution in [-0.2, 0) is 11.2 Å². The first-order chi connectivity index (χ1) is 7.95. The molecular formula is C13H13F3O. The maximum atomic E-state index is 13.4. The lowest BCUT2D eigenvalue weighted by Gasteiger charge is -2.11. The van der Waals surface area contributed by atoms with Crippen LogP contribution in [0.5, 0.6) is 0 Å². The van der Waals surface area contributed by atoms with E-state index in [9.17, 15) is 13.2 Å². The lowest BCUT2D eigenvalue weighted by molar-refractivity contribution is 0.129. The summed E-state index contributed by atoms with van der Waals surface area (Å²) in [7, 11) is 0. The summed E-state index contributed by atoms with van der Waals surface area (Å²) in [5.41, 5.74) is 0.871. The maximum absolute atomic E-state index is 13.4. The van der Waals surface area contributed by atoms with Crippen molar-refractivity contribution >= 4 is 5.76 Å². The number of aryl methyl sites for hydroxylation is 1. The highest BCUT2D eigenvalue weighted by Crippen LogP contribution is 2.22. The number of hydrogen-bond donors (Lipinski definition) is 0. The van der Waals surface area contributed by atoms with Crippen LogP contribution >= 0.6 is 0 Å². The van der Waals surface area contributed by atoms with Gasteiger partial charge in [0, 0.05) is 5.56 Å². The van der Waals surface area contributed by atoms with Gasteiger partial charge in [-0.3, -0.25) is 0 Å². The number of ether oxygens (including phenoxy) is 1. The van der Waals surface area contributed by atoms with Gasteiger partial charge in [0.05, 0.1) is 0 Å². The number of benzene rings is 1. The molecule has 0 radical (unpaired) electrons. The third-order valence-corrected chi connectivity index (χ3v) is 2.25. The zero-order chi connectivity index (χ0) is 13.0. The van der Waals surface area contributed by atoms with E-state index in [2.05, 4.69) is 13.2 Å². The monoisotopic (exact) mass is 242 g/mol. The van der Waals surface area contributed by atoms with Gasteiger partial charge >= 0.3 is 0 Å². The Balaban J connectivity index is 2.83. The smallest absolute Gasteiger partial charge is 0.294 e. The summed E-state index contributed by atoms with van der Waals surface area (Å²) in [6.07, 6.45) is -2.23. The summed E-state index contributed by atoms with van der Waals surface area (Å²) in [5, 5.41) is 0. The highest BCUT2D eigenvalue weighted by atomic mass is 19.3. The molecule has 0 aliphatic carbocycles. The number of alkyl halides is 2. The first-order valence-electron chi connectivity index (χ1n) is 5.08. The van der Waals surface area contributed by atoms with Crippen molar-refractivity contribution in [2.75, 3.05) is 0 Å². The molecule has 0 heterocycles. The molecule has 0 aliphatic heterocycles. The van der Waals surface area contributed by atoms with Gasteiger partial charge in [-0.15, -0.1) is 0 Å². The van der Waals surface area contributed by atoms with Crippen molar-refractivity contribution in [3.63, 3.8) is 0 Å². The van der Waals surface area contributed by atoms with Gasteiger partial charge < -0.3 is 4.74 Å². The second kappa shape index (κ2) is 5.57. The molecule has 0 bridgehead atoms. The van der Waals surface area contributed by atoms with E-state index in [4.69, 9.17) is 4.74 Å². The number of allylic oxidation sites excluding steroid dienone is 1. The van der Waals surface area contributed by atoms with E-state index in [0.29, 0.717) is 17.5 Å². The summed E-state index contributed by atoms with van der Waals surface area (Å²) in [5.74, 6) is -1.15. The molecule has 92 valence electrons. The number of halogens is 3. The molecule has 0 N–H and O–H groups in total. The highest BCUT2D eigenvalue weighted by molar-refractivity contribution is 5.58. The van der Waals surface area contributed by atoms with Crippen molar-refractivity contribution in [2.45, 2.75) is 19.8 Å². The molecule has 0 saturated carbocycles. The summed E-state index contributed by atoms with van der Waals surface area (Å²) in [4.78, 5) is 0. The van der Waals surface area contributed by atoms with Crippen molar-refractivity contribution < 1.29 is 17.9 Å². The fraction of sp³-hybridized carbons (Fsp3) is 0.231. The summed E-state index contributed by atoms with van der Waals surface area (Å²) >= 11 is 0. The van der Waals surface area contributed by atoms with E-state index < -0.39 is 18.0 Å². The minimum atomic E-state index is -2.79. The van der Waals surface area contributed by atoms with Crippen LogP contribution < -0.4 is 0 Å². The van der Waals surface area contributed by atoms with Crippen molar-refractivity contribution in [3.05, 3.63) is 54.1 Å². The van der Waals surface area contributed by atoms with Crippen molar-refractivity contribution in [1.29, 1.82) is 0 Å². The first kappa shape index (κ1) is 13.4. The van der Waals surface area contributed by atoms with Gasteiger partial charge in [0.2, 0.25) is 0 Å². The molecule has 0 aromatic heterocycles. The molecular weight excluding hydrogens is 229 g/mol. The zero-order valence-electron chi connectivity index (χ0n) is 9.47. The number of hydrogen-bond acceptors (Lipinski definition) is 1. The molecule has 4 heteroatoms. The Hall–Kier alpha value is -1.71. The maximum Gasteiger partial charge on any atom is 0.294 e. The molecule has 0 amide bonds. The molecule has 0 aliphatic rings. The highest BCUT2D eigenvalue weighted by Gasteiger charge is 2.13. The standard InChI is InChI=1S/C13H13F3O/c1-4-10-5-6-11(7-12(10)14)8(2)17-9(3)13(15)16/h5-7,13H,2-4H2,1H3. The molecule has 17 heavy (non-hydrogen) atoms. The Kier molecular flexibility index (Phi) is 4.37. The third kappa shape index (κ3) is 3.37. The van der Waals surface area contributed by atoms with Crippen LogP contribution in [0.2, 0.25) is 0 Å². The molecule has 1 nitrogen and oxygen atoms in total. The summed E-state index contributed by atoms with van der Waals surface area (Å²) in [6.45, 7) is 8.33. The number of rotatable bonds is 5. The Labute approximate surface area is 98.2 Å². The van der Waals surface area contributed by atoms with E-state index in [1.807, 2.05) is 6.92 Å². The average Bonchev–Trinajstić information content (AvgIpc) is 2.28. The molecule has 0 saturated heterocycles. The van der Waals surface area contributed by atoms with Crippen LogP contribution in [0.15, 0.2) is 37.1 Å². The molecule has 0 fully saturated rings. The van der Waals surface area contributed by atoms with Crippen molar-refractivity contribution in [2.24, 2.45) is 0 Å².